The Morgan fingerprint density at radius 3 is 3.33 bits per heavy atom. The average molecular weight is 142 g/mol. The van der Waals surface area contributed by atoms with Crippen molar-refractivity contribution in [3.63, 3.8) is 0 Å². The van der Waals surface area contributed by atoms with Crippen molar-refractivity contribution in [3.05, 3.63) is 6.04 Å². The van der Waals surface area contributed by atoms with Gasteiger partial charge in [0.1, 0.15) is 0 Å². The van der Waals surface area contributed by atoms with Gasteiger partial charge in [-0.1, -0.05) is 0 Å². The monoisotopic (exact) mass is 142 g/mol. The largest absolute Gasteiger partial charge is 0.305 e. The smallest absolute Gasteiger partial charge is 0.0466 e. The van der Waals surface area contributed by atoms with E-state index in [-0.39, 0.29) is 0 Å². The first-order chi connectivity index (χ1) is 4.45. The Labute approximate surface area is 60.6 Å². The Balaban J connectivity index is 1.96. The van der Waals surface area contributed by atoms with Gasteiger partial charge < -0.3 is 5.32 Å². The third-order valence-electron chi connectivity index (χ3n) is 2.03. The van der Waals surface area contributed by atoms with Crippen molar-refractivity contribution in [1.82, 2.24) is 5.32 Å². The molecule has 9 heavy (non-hydrogen) atoms. The molecule has 2 rings (SSSR count). The van der Waals surface area contributed by atoms with Crippen LogP contribution in [-0.2, 0) is 0 Å². The van der Waals surface area contributed by atoms with E-state index < -0.39 is 0 Å². The zero-order chi connectivity index (χ0) is 6.10. The second-order valence-electron chi connectivity index (χ2n) is 2.85. The molecule has 0 saturated carbocycles. The molecule has 1 radical (unpaired) electrons. The molecule has 0 aromatic carbocycles. The molecule has 1 atom stereocenters. The van der Waals surface area contributed by atoms with Gasteiger partial charge in [0.25, 0.3) is 0 Å². The third kappa shape index (κ3) is 1.24. The van der Waals surface area contributed by atoms with Crippen LogP contribution >= 0.6 is 11.8 Å². The summed E-state index contributed by atoms with van der Waals surface area (Å²) in [6, 6.07) is 2.43. The van der Waals surface area contributed by atoms with Gasteiger partial charge in [-0.3, -0.25) is 0 Å². The summed E-state index contributed by atoms with van der Waals surface area (Å²) in [6.07, 6.45) is 4.16. The van der Waals surface area contributed by atoms with Crippen molar-refractivity contribution in [1.29, 1.82) is 0 Å². The molecular weight excluding hydrogens is 130 g/mol. The fourth-order valence-electron chi connectivity index (χ4n) is 1.56. The molecule has 0 aliphatic carbocycles. The van der Waals surface area contributed by atoms with Crippen molar-refractivity contribution in [2.24, 2.45) is 0 Å². The molecule has 2 bridgehead atoms. The van der Waals surface area contributed by atoms with Gasteiger partial charge in [0, 0.05) is 23.6 Å². The lowest BCUT2D eigenvalue weighted by Gasteiger charge is -2.34. The Kier molecular flexibility index (Phi) is 1.68. The molecule has 0 amide bonds. The van der Waals surface area contributed by atoms with E-state index in [9.17, 15) is 0 Å². The molecule has 1 N–H and O–H groups in total. The molecule has 2 fully saturated rings. The molecule has 0 aromatic rings. The van der Waals surface area contributed by atoms with Crippen LogP contribution in [0.3, 0.4) is 0 Å². The van der Waals surface area contributed by atoms with Crippen LogP contribution in [0.5, 0.6) is 0 Å². The molecule has 51 valence electrons. The summed E-state index contributed by atoms with van der Waals surface area (Å²) in [4.78, 5) is 0. The zero-order valence-corrected chi connectivity index (χ0v) is 6.34. The minimum atomic E-state index is 0.826. The van der Waals surface area contributed by atoms with Gasteiger partial charge in [0.2, 0.25) is 0 Å². The van der Waals surface area contributed by atoms with Crippen LogP contribution in [-0.4, -0.2) is 17.5 Å². The number of rotatable bonds is 0. The highest BCUT2D eigenvalue weighted by Gasteiger charge is 2.25. The number of piperidine rings is 1. The summed E-state index contributed by atoms with van der Waals surface area (Å²) in [5, 5.41) is 3.55. The lowest BCUT2D eigenvalue weighted by molar-refractivity contribution is 0.424. The SMILES string of the molecule is C1C[C]2CSCC(C1)N2. The van der Waals surface area contributed by atoms with Crippen molar-refractivity contribution in [3.8, 4) is 0 Å². The molecule has 2 heteroatoms. The van der Waals surface area contributed by atoms with E-state index in [0.29, 0.717) is 0 Å². The maximum absolute atomic E-state index is 3.55. The van der Waals surface area contributed by atoms with E-state index in [1.165, 1.54) is 30.8 Å². The van der Waals surface area contributed by atoms with Gasteiger partial charge >= 0.3 is 0 Å². The summed E-state index contributed by atoms with van der Waals surface area (Å²) < 4.78 is 0. The van der Waals surface area contributed by atoms with E-state index in [1.807, 2.05) is 0 Å². The van der Waals surface area contributed by atoms with Gasteiger partial charge in [-0.2, -0.15) is 11.8 Å². The topological polar surface area (TPSA) is 12.0 Å². The predicted molar refractivity (Wildman–Crippen MR) is 41.3 cm³/mol. The quantitative estimate of drug-likeness (QED) is 0.549. The van der Waals surface area contributed by atoms with Gasteiger partial charge in [-0.25, -0.2) is 0 Å². The Morgan fingerprint density at radius 2 is 2.56 bits per heavy atom. The van der Waals surface area contributed by atoms with Crippen LogP contribution in [0, 0.1) is 6.04 Å². The van der Waals surface area contributed by atoms with Crippen LogP contribution in [0.25, 0.3) is 0 Å². The van der Waals surface area contributed by atoms with E-state index in [2.05, 4.69) is 17.1 Å². The second kappa shape index (κ2) is 2.51. The average Bonchev–Trinajstić information content (AvgIpc) is 1.88. The zero-order valence-electron chi connectivity index (χ0n) is 5.52. The third-order valence-corrected chi connectivity index (χ3v) is 3.23. The number of hydrogen-bond donors (Lipinski definition) is 1. The first kappa shape index (κ1) is 6.05. The summed E-state index contributed by atoms with van der Waals surface area (Å²) in [7, 11) is 0. The minimum absolute atomic E-state index is 0.826. The molecule has 2 saturated heterocycles. The number of nitrogens with one attached hydrogen (secondary N) is 1. The highest BCUT2D eigenvalue weighted by molar-refractivity contribution is 7.99. The predicted octanol–water partition coefficient (Wildman–Crippen LogP) is 1.41. The Morgan fingerprint density at radius 1 is 1.56 bits per heavy atom. The molecular formula is C7H12NS. The fraction of sp³-hybridized carbons (Fsp3) is 0.857. The second-order valence-corrected chi connectivity index (χ2v) is 3.88. The van der Waals surface area contributed by atoms with Crippen LogP contribution in [0.2, 0.25) is 0 Å². The molecule has 2 aliphatic rings. The number of thioether (sulfide) groups is 1. The van der Waals surface area contributed by atoms with Gasteiger partial charge in [0.15, 0.2) is 0 Å². The minimum Gasteiger partial charge on any atom is -0.305 e. The maximum atomic E-state index is 3.55. The van der Waals surface area contributed by atoms with Crippen LogP contribution in [0.4, 0.5) is 0 Å². The highest BCUT2D eigenvalue weighted by atomic mass is 32.2. The lowest BCUT2D eigenvalue weighted by atomic mass is 10.0. The summed E-state index contributed by atoms with van der Waals surface area (Å²) in [5.74, 6) is 2.61. The molecule has 1 nitrogen and oxygen atoms in total. The maximum Gasteiger partial charge on any atom is 0.0466 e. The highest BCUT2D eigenvalue weighted by Crippen LogP contribution is 2.28. The molecule has 2 aliphatic heterocycles. The Bertz CT molecular complexity index is 85.1. The van der Waals surface area contributed by atoms with Crippen LogP contribution in [0.15, 0.2) is 0 Å². The van der Waals surface area contributed by atoms with Crippen molar-refractivity contribution < 1.29 is 0 Å². The Hall–Kier alpha value is 0.310. The van der Waals surface area contributed by atoms with E-state index >= 15 is 0 Å². The first-order valence-electron chi connectivity index (χ1n) is 3.64. The van der Waals surface area contributed by atoms with Gasteiger partial charge in [0.05, 0.1) is 0 Å². The first-order valence-corrected chi connectivity index (χ1v) is 4.79. The standard InChI is InChI=1S/C7H12NS/c1-2-6-4-9-5-7(3-1)8-6/h6,8H,1-5H2. The molecule has 1 unspecified atom stereocenters. The molecule has 0 aromatic heterocycles. The van der Waals surface area contributed by atoms with Crippen molar-refractivity contribution >= 4 is 11.8 Å². The van der Waals surface area contributed by atoms with E-state index in [0.717, 1.165) is 6.04 Å². The summed E-state index contributed by atoms with van der Waals surface area (Å²) >= 11 is 2.09. The van der Waals surface area contributed by atoms with E-state index in [4.69, 9.17) is 0 Å². The normalized spacial score (nSPS) is 36.7. The van der Waals surface area contributed by atoms with Crippen LogP contribution < -0.4 is 5.32 Å². The fourth-order valence-corrected chi connectivity index (χ4v) is 2.68. The van der Waals surface area contributed by atoms with Crippen LogP contribution in [0.1, 0.15) is 19.3 Å². The van der Waals surface area contributed by atoms with Gasteiger partial charge in [-0.05, 0) is 19.3 Å². The van der Waals surface area contributed by atoms with Crippen molar-refractivity contribution in [2.75, 3.05) is 11.5 Å². The molecule has 0 spiro atoms. The van der Waals surface area contributed by atoms with E-state index in [1.54, 1.807) is 6.04 Å². The van der Waals surface area contributed by atoms with Gasteiger partial charge in [-0.15, -0.1) is 0 Å². The molecule has 2 heterocycles. The number of hydrogen-bond acceptors (Lipinski definition) is 2. The van der Waals surface area contributed by atoms with Crippen molar-refractivity contribution in [2.45, 2.75) is 25.3 Å². The number of fused-ring (bicyclic) bond motifs is 2. The summed E-state index contributed by atoms with van der Waals surface area (Å²) in [5.41, 5.74) is 0. The lowest BCUT2D eigenvalue weighted by Crippen LogP contribution is -2.43. The summed E-state index contributed by atoms with van der Waals surface area (Å²) in [6.45, 7) is 0.